The first-order chi connectivity index (χ1) is 9.71. The maximum Gasteiger partial charge on any atom is 0.142 e. The lowest BCUT2D eigenvalue weighted by Gasteiger charge is -2.08. The minimum Gasteiger partial charge on any atom is -0.497 e. The van der Waals surface area contributed by atoms with Gasteiger partial charge >= 0.3 is 0 Å². The average molecular weight is 269 g/mol. The van der Waals surface area contributed by atoms with Crippen LogP contribution in [0.25, 0.3) is 22.4 Å². The molecule has 3 N–H and O–H groups in total. The number of aromatic nitrogens is 2. The molecule has 3 aromatic rings. The average Bonchev–Trinajstić information content (AvgIpc) is 2.89. The van der Waals surface area contributed by atoms with Crippen molar-refractivity contribution >= 4 is 16.7 Å². The van der Waals surface area contributed by atoms with Crippen LogP contribution in [-0.2, 0) is 0 Å². The lowest BCUT2D eigenvalue weighted by atomic mass is 10.2. The van der Waals surface area contributed by atoms with Crippen LogP contribution in [0.15, 0.2) is 36.4 Å². The van der Waals surface area contributed by atoms with Gasteiger partial charge in [0.05, 0.1) is 30.8 Å². The Kier molecular flexibility index (Phi) is 2.95. The van der Waals surface area contributed by atoms with Gasteiger partial charge in [0.1, 0.15) is 17.3 Å². The second-order valence-electron chi connectivity index (χ2n) is 4.43. The fourth-order valence-corrected chi connectivity index (χ4v) is 2.15. The quantitative estimate of drug-likeness (QED) is 0.717. The standard InChI is InChI=1S/C15H15N3O2/c1-19-10-4-5-11(14(8-10)20-2)15-17-12-6-3-9(16)7-13(12)18-15/h3-8H,16H2,1-2H3,(H,17,18). The molecule has 0 unspecified atom stereocenters. The Balaban J connectivity index is 2.14. The number of methoxy groups -OCH3 is 2. The zero-order valence-corrected chi connectivity index (χ0v) is 11.3. The van der Waals surface area contributed by atoms with Crippen LogP contribution in [0.1, 0.15) is 0 Å². The summed E-state index contributed by atoms with van der Waals surface area (Å²) >= 11 is 0. The van der Waals surface area contributed by atoms with E-state index in [1.807, 2.05) is 36.4 Å². The van der Waals surface area contributed by atoms with Crippen molar-refractivity contribution in [3.8, 4) is 22.9 Å². The molecule has 0 saturated heterocycles. The van der Waals surface area contributed by atoms with Gasteiger partial charge in [0, 0.05) is 11.8 Å². The van der Waals surface area contributed by atoms with E-state index in [0.29, 0.717) is 11.4 Å². The van der Waals surface area contributed by atoms with E-state index in [-0.39, 0.29) is 0 Å². The van der Waals surface area contributed by atoms with Crippen molar-refractivity contribution < 1.29 is 9.47 Å². The molecule has 1 heterocycles. The van der Waals surface area contributed by atoms with E-state index in [2.05, 4.69) is 9.97 Å². The Hall–Kier alpha value is -2.69. The summed E-state index contributed by atoms with van der Waals surface area (Å²) in [5, 5.41) is 0. The highest BCUT2D eigenvalue weighted by Crippen LogP contribution is 2.32. The molecule has 0 radical (unpaired) electrons. The monoisotopic (exact) mass is 269 g/mol. The number of anilines is 1. The molecule has 3 rings (SSSR count). The summed E-state index contributed by atoms with van der Waals surface area (Å²) in [4.78, 5) is 7.81. The molecule has 20 heavy (non-hydrogen) atoms. The van der Waals surface area contributed by atoms with Gasteiger partial charge in [-0.25, -0.2) is 4.98 Å². The number of rotatable bonds is 3. The molecular formula is C15H15N3O2. The highest BCUT2D eigenvalue weighted by molar-refractivity contribution is 5.83. The minimum atomic E-state index is 0.703. The summed E-state index contributed by atoms with van der Waals surface area (Å²) in [6, 6.07) is 11.2. The van der Waals surface area contributed by atoms with Gasteiger partial charge in [0.2, 0.25) is 0 Å². The number of nitrogen functional groups attached to an aromatic ring is 1. The van der Waals surface area contributed by atoms with Crippen LogP contribution in [0.4, 0.5) is 5.69 Å². The van der Waals surface area contributed by atoms with Crippen LogP contribution in [0.3, 0.4) is 0 Å². The Morgan fingerprint density at radius 3 is 2.65 bits per heavy atom. The van der Waals surface area contributed by atoms with E-state index in [0.717, 1.165) is 28.2 Å². The number of hydrogen-bond donors (Lipinski definition) is 2. The molecule has 0 fully saturated rings. The Morgan fingerprint density at radius 1 is 1.05 bits per heavy atom. The zero-order valence-electron chi connectivity index (χ0n) is 11.3. The molecule has 5 nitrogen and oxygen atoms in total. The van der Waals surface area contributed by atoms with Crippen LogP contribution in [0.2, 0.25) is 0 Å². The number of hydrogen-bond acceptors (Lipinski definition) is 4. The molecule has 0 aliphatic rings. The van der Waals surface area contributed by atoms with Crippen molar-refractivity contribution in [3.05, 3.63) is 36.4 Å². The van der Waals surface area contributed by atoms with E-state index in [9.17, 15) is 0 Å². The predicted octanol–water partition coefficient (Wildman–Crippen LogP) is 2.83. The van der Waals surface area contributed by atoms with E-state index in [1.165, 1.54) is 0 Å². The lowest BCUT2D eigenvalue weighted by Crippen LogP contribution is -1.91. The molecule has 2 aromatic carbocycles. The predicted molar refractivity (Wildman–Crippen MR) is 79.0 cm³/mol. The molecule has 1 aromatic heterocycles. The number of nitrogens with two attached hydrogens (primary N) is 1. The summed E-state index contributed by atoms with van der Waals surface area (Å²) < 4.78 is 10.6. The second kappa shape index (κ2) is 4.77. The first-order valence-electron chi connectivity index (χ1n) is 6.19. The zero-order chi connectivity index (χ0) is 14.1. The molecule has 5 heteroatoms. The van der Waals surface area contributed by atoms with E-state index < -0.39 is 0 Å². The Labute approximate surface area is 116 Å². The Morgan fingerprint density at radius 2 is 1.90 bits per heavy atom. The minimum absolute atomic E-state index is 0.703. The summed E-state index contributed by atoms with van der Waals surface area (Å²) in [6.07, 6.45) is 0. The number of aromatic amines is 1. The number of nitrogens with one attached hydrogen (secondary N) is 1. The number of fused-ring (bicyclic) bond motifs is 1. The van der Waals surface area contributed by atoms with Crippen molar-refractivity contribution in [3.63, 3.8) is 0 Å². The third-order valence-corrected chi connectivity index (χ3v) is 3.17. The maximum atomic E-state index is 5.78. The van der Waals surface area contributed by atoms with Gasteiger partial charge in [0.15, 0.2) is 0 Å². The van der Waals surface area contributed by atoms with Gasteiger partial charge < -0.3 is 20.2 Å². The molecule has 0 aliphatic carbocycles. The first kappa shape index (κ1) is 12.3. The van der Waals surface area contributed by atoms with Crippen LogP contribution in [0.5, 0.6) is 11.5 Å². The maximum absolute atomic E-state index is 5.78. The normalized spacial score (nSPS) is 10.7. The third kappa shape index (κ3) is 2.03. The molecule has 0 amide bonds. The van der Waals surface area contributed by atoms with Gasteiger partial charge in [-0.1, -0.05) is 0 Å². The second-order valence-corrected chi connectivity index (χ2v) is 4.43. The Bertz CT molecular complexity index is 765. The summed E-state index contributed by atoms with van der Waals surface area (Å²) in [5.74, 6) is 2.19. The van der Waals surface area contributed by atoms with Gasteiger partial charge in [0.25, 0.3) is 0 Å². The van der Waals surface area contributed by atoms with E-state index in [4.69, 9.17) is 15.2 Å². The molecule has 0 spiro atoms. The highest BCUT2D eigenvalue weighted by Gasteiger charge is 2.11. The van der Waals surface area contributed by atoms with E-state index >= 15 is 0 Å². The highest BCUT2D eigenvalue weighted by atomic mass is 16.5. The van der Waals surface area contributed by atoms with Crippen molar-refractivity contribution in [2.45, 2.75) is 0 Å². The molecule has 102 valence electrons. The van der Waals surface area contributed by atoms with Gasteiger partial charge in [-0.2, -0.15) is 0 Å². The molecule has 0 saturated carbocycles. The fraction of sp³-hybridized carbons (Fsp3) is 0.133. The SMILES string of the molecule is COc1ccc(-c2nc3ccc(N)cc3[nH]2)c(OC)c1. The number of ether oxygens (including phenoxy) is 2. The topological polar surface area (TPSA) is 73.2 Å². The van der Waals surface area contributed by atoms with Crippen LogP contribution in [0, 0.1) is 0 Å². The van der Waals surface area contributed by atoms with Crippen LogP contribution >= 0.6 is 0 Å². The molecule has 0 bridgehead atoms. The summed E-state index contributed by atoms with van der Waals surface area (Å²) in [7, 11) is 3.25. The van der Waals surface area contributed by atoms with Crippen LogP contribution in [-0.4, -0.2) is 24.2 Å². The first-order valence-corrected chi connectivity index (χ1v) is 6.19. The molecular weight excluding hydrogens is 254 g/mol. The van der Waals surface area contributed by atoms with Crippen molar-refractivity contribution in [2.75, 3.05) is 20.0 Å². The lowest BCUT2D eigenvalue weighted by molar-refractivity contribution is 0.395. The van der Waals surface area contributed by atoms with Crippen molar-refractivity contribution in [1.82, 2.24) is 9.97 Å². The third-order valence-electron chi connectivity index (χ3n) is 3.17. The van der Waals surface area contributed by atoms with Crippen molar-refractivity contribution in [2.24, 2.45) is 0 Å². The molecule has 0 atom stereocenters. The van der Waals surface area contributed by atoms with E-state index in [1.54, 1.807) is 14.2 Å². The number of nitrogens with zero attached hydrogens (tertiary/aromatic N) is 1. The van der Waals surface area contributed by atoms with Gasteiger partial charge in [-0.3, -0.25) is 0 Å². The summed E-state index contributed by atoms with van der Waals surface area (Å²) in [5.41, 5.74) is 9.13. The smallest absolute Gasteiger partial charge is 0.142 e. The summed E-state index contributed by atoms with van der Waals surface area (Å²) in [6.45, 7) is 0. The fourth-order valence-electron chi connectivity index (χ4n) is 2.15. The van der Waals surface area contributed by atoms with Gasteiger partial charge in [-0.15, -0.1) is 0 Å². The number of imidazole rings is 1. The number of H-pyrrole nitrogens is 1. The van der Waals surface area contributed by atoms with Crippen LogP contribution < -0.4 is 15.2 Å². The van der Waals surface area contributed by atoms with Crippen molar-refractivity contribution in [1.29, 1.82) is 0 Å². The largest absolute Gasteiger partial charge is 0.497 e. The molecule has 0 aliphatic heterocycles. The number of benzene rings is 2. The van der Waals surface area contributed by atoms with Gasteiger partial charge in [-0.05, 0) is 30.3 Å².